The number of carbonyl (C=O) groups excluding carboxylic acids is 1. The smallest absolute Gasteiger partial charge is 0.334 e. The SMILES string of the molecule is CCC(OC(=O)C(C)=C(C)C)(C(O)(O)O)C(O)(O)O. The van der Waals surface area contributed by atoms with E-state index >= 15 is 0 Å². The van der Waals surface area contributed by atoms with Gasteiger partial charge in [0, 0.05) is 12.0 Å². The number of allylic oxidation sites excluding steroid dienone is 1. The van der Waals surface area contributed by atoms with Crippen molar-refractivity contribution in [1.29, 1.82) is 0 Å². The van der Waals surface area contributed by atoms with Crippen LogP contribution in [0.4, 0.5) is 0 Å². The molecule has 0 aliphatic rings. The second-order valence-electron chi connectivity index (χ2n) is 4.47. The Kier molecular flexibility index (Phi) is 5.23. The Bertz CT molecular complexity index is 353. The molecule has 0 bridgehead atoms. The summed E-state index contributed by atoms with van der Waals surface area (Å²) in [7, 11) is 0. The minimum absolute atomic E-state index is 0.0475. The average Bonchev–Trinajstić information content (AvgIpc) is 2.20. The number of rotatable bonds is 5. The first-order valence-electron chi connectivity index (χ1n) is 5.51. The lowest BCUT2D eigenvalue weighted by Gasteiger charge is -2.42. The van der Waals surface area contributed by atoms with Crippen LogP contribution in [0.25, 0.3) is 0 Å². The van der Waals surface area contributed by atoms with Crippen LogP contribution in [0.1, 0.15) is 34.1 Å². The predicted molar refractivity (Wildman–Crippen MR) is 61.9 cm³/mol. The first kappa shape index (κ1) is 18.0. The zero-order chi connectivity index (χ0) is 15.6. The van der Waals surface area contributed by atoms with Gasteiger partial charge in [-0.25, -0.2) is 4.79 Å². The highest BCUT2D eigenvalue weighted by Gasteiger charge is 2.65. The van der Waals surface area contributed by atoms with Crippen LogP contribution >= 0.6 is 0 Å². The normalized spacial score (nSPS) is 13.2. The van der Waals surface area contributed by atoms with Gasteiger partial charge >= 0.3 is 17.9 Å². The van der Waals surface area contributed by atoms with E-state index in [2.05, 4.69) is 4.74 Å². The number of ether oxygens (including phenoxy) is 1. The van der Waals surface area contributed by atoms with E-state index in [9.17, 15) is 35.4 Å². The molecule has 0 aliphatic heterocycles. The third-order valence-corrected chi connectivity index (χ3v) is 2.90. The Balaban J connectivity index is 5.69. The second-order valence-corrected chi connectivity index (χ2v) is 4.47. The molecule has 0 saturated heterocycles. The third kappa shape index (κ3) is 3.50. The number of aliphatic hydroxyl groups is 6. The molecular weight excluding hydrogens is 260 g/mol. The molecule has 0 aromatic carbocycles. The van der Waals surface area contributed by atoms with Crippen molar-refractivity contribution < 1.29 is 40.2 Å². The number of hydrogen-bond donors (Lipinski definition) is 6. The standard InChI is InChI=1S/C11H20O8/c1-5-9(10(13,14)15,11(16,17)18)19-8(12)7(4)6(2)3/h13-18H,5H2,1-4H3. The van der Waals surface area contributed by atoms with E-state index in [0.29, 0.717) is 5.57 Å². The van der Waals surface area contributed by atoms with Gasteiger partial charge in [-0.1, -0.05) is 12.5 Å². The van der Waals surface area contributed by atoms with E-state index in [0.717, 1.165) is 6.92 Å². The quantitative estimate of drug-likeness (QED) is 0.198. The van der Waals surface area contributed by atoms with E-state index in [1.54, 1.807) is 13.8 Å². The van der Waals surface area contributed by atoms with Gasteiger partial charge in [0.15, 0.2) is 0 Å². The van der Waals surface area contributed by atoms with Crippen molar-refractivity contribution in [3.8, 4) is 0 Å². The summed E-state index contributed by atoms with van der Waals surface area (Å²) in [5, 5.41) is 55.0. The Labute approximate surface area is 110 Å². The Morgan fingerprint density at radius 3 is 1.53 bits per heavy atom. The highest BCUT2D eigenvalue weighted by molar-refractivity contribution is 5.88. The Morgan fingerprint density at radius 2 is 1.32 bits per heavy atom. The van der Waals surface area contributed by atoms with Crippen LogP contribution in [-0.2, 0) is 9.53 Å². The van der Waals surface area contributed by atoms with Crippen molar-refractivity contribution in [3.63, 3.8) is 0 Å². The van der Waals surface area contributed by atoms with E-state index in [-0.39, 0.29) is 5.57 Å². The average molecular weight is 280 g/mol. The first-order chi connectivity index (χ1) is 8.30. The fourth-order valence-corrected chi connectivity index (χ4v) is 1.35. The largest absolute Gasteiger partial charge is 0.438 e. The monoisotopic (exact) mass is 280 g/mol. The van der Waals surface area contributed by atoms with E-state index in [1.807, 2.05) is 0 Å². The lowest BCUT2D eigenvalue weighted by Crippen LogP contribution is -2.69. The maximum absolute atomic E-state index is 11.7. The van der Waals surface area contributed by atoms with Crippen LogP contribution in [0.2, 0.25) is 0 Å². The molecule has 0 aromatic rings. The van der Waals surface area contributed by atoms with E-state index < -0.39 is 29.9 Å². The van der Waals surface area contributed by atoms with Gasteiger partial charge in [0.25, 0.3) is 5.60 Å². The predicted octanol–water partition coefficient (Wildman–Crippen LogP) is -1.70. The van der Waals surface area contributed by atoms with Gasteiger partial charge in [-0.05, 0) is 20.8 Å². The molecule has 0 atom stereocenters. The lowest BCUT2D eigenvalue weighted by atomic mass is 9.93. The molecule has 6 N–H and O–H groups in total. The van der Waals surface area contributed by atoms with Crippen LogP contribution in [-0.4, -0.2) is 54.2 Å². The van der Waals surface area contributed by atoms with Crippen LogP contribution in [0.15, 0.2) is 11.1 Å². The zero-order valence-corrected chi connectivity index (χ0v) is 11.2. The van der Waals surface area contributed by atoms with Crippen molar-refractivity contribution in [1.82, 2.24) is 0 Å². The summed E-state index contributed by atoms with van der Waals surface area (Å²) >= 11 is 0. The fraction of sp³-hybridized carbons (Fsp3) is 0.727. The summed E-state index contributed by atoms with van der Waals surface area (Å²) in [5.41, 5.74) is -2.58. The first-order valence-corrected chi connectivity index (χ1v) is 5.51. The molecule has 0 amide bonds. The summed E-state index contributed by atoms with van der Waals surface area (Å²) < 4.78 is 4.54. The lowest BCUT2D eigenvalue weighted by molar-refractivity contribution is -0.493. The van der Waals surface area contributed by atoms with Crippen molar-refractivity contribution in [2.75, 3.05) is 0 Å². The van der Waals surface area contributed by atoms with Gasteiger partial charge in [-0.15, -0.1) is 0 Å². The molecule has 8 nitrogen and oxygen atoms in total. The molecule has 0 fully saturated rings. The number of carbonyl (C=O) groups is 1. The summed E-state index contributed by atoms with van der Waals surface area (Å²) in [6.45, 7) is 5.62. The van der Waals surface area contributed by atoms with Crippen molar-refractivity contribution in [3.05, 3.63) is 11.1 Å². The maximum atomic E-state index is 11.7. The molecule has 0 radical (unpaired) electrons. The van der Waals surface area contributed by atoms with Crippen molar-refractivity contribution in [2.45, 2.75) is 51.7 Å². The van der Waals surface area contributed by atoms with Gasteiger partial charge in [-0.3, -0.25) is 0 Å². The van der Waals surface area contributed by atoms with Gasteiger partial charge in [0.05, 0.1) is 0 Å². The summed E-state index contributed by atoms with van der Waals surface area (Å²) in [6.07, 6.45) is -0.693. The summed E-state index contributed by atoms with van der Waals surface area (Å²) in [5.74, 6) is -8.88. The van der Waals surface area contributed by atoms with Crippen molar-refractivity contribution >= 4 is 5.97 Å². The second kappa shape index (κ2) is 5.53. The van der Waals surface area contributed by atoms with Crippen LogP contribution < -0.4 is 0 Å². The Hall–Kier alpha value is -1.03. The van der Waals surface area contributed by atoms with Crippen LogP contribution in [0.3, 0.4) is 0 Å². The van der Waals surface area contributed by atoms with Gasteiger partial charge < -0.3 is 35.4 Å². The van der Waals surface area contributed by atoms with E-state index in [4.69, 9.17) is 0 Å². The molecule has 0 saturated carbocycles. The maximum Gasteiger partial charge on any atom is 0.334 e. The van der Waals surface area contributed by atoms with Crippen LogP contribution in [0.5, 0.6) is 0 Å². The summed E-state index contributed by atoms with van der Waals surface area (Å²) in [4.78, 5) is 11.7. The molecular formula is C11H20O8. The topological polar surface area (TPSA) is 148 Å². The van der Waals surface area contributed by atoms with Gasteiger partial charge in [-0.2, -0.15) is 0 Å². The van der Waals surface area contributed by atoms with Gasteiger partial charge in [0.1, 0.15) is 0 Å². The highest BCUT2D eigenvalue weighted by Crippen LogP contribution is 2.35. The molecule has 0 aliphatic carbocycles. The minimum Gasteiger partial charge on any atom is -0.438 e. The molecule has 0 rings (SSSR count). The Morgan fingerprint density at radius 1 is 0.947 bits per heavy atom. The number of esters is 1. The molecule has 112 valence electrons. The summed E-state index contributed by atoms with van der Waals surface area (Å²) in [6, 6.07) is 0. The molecule has 8 heteroatoms. The molecule has 0 aromatic heterocycles. The van der Waals surface area contributed by atoms with Crippen molar-refractivity contribution in [2.24, 2.45) is 0 Å². The fourth-order valence-electron chi connectivity index (χ4n) is 1.35. The number of hydrogen-bond acceptors (Lipinski definition) is 8. The zero-order valence-electron chi connectivity index (χ0n) is 11.2. The minimum atomic E-state index is -3.86. The van der Waals surface area contributed by atoms with Crippen LogP contribution in [0, 0.1) is 0 Å². The van der Waals surface area contributed by atoms with Gasteiger partial charge in [0.2, 0.25) is 0 Å². The molecule has 19 heavy (non-hydrogen) atoms. The highest BCUT2D eigenvalue weighted by atomic mass is 16.8. The molecule has 0 unspecified atom stereocenters. The third-order valence-electron chi connectivity index (χ3n) is 2.90. The van der Waals surface area contributed by atoms with E-state index in [1.165, 1.54) is 6.92 Å². The molecule has 0 heterocycles. The molecule has 0 spiro atoms.